The molecule has 0 bridgehead atoms. The van der Waals surface area contributed by atoms with Crippen LogP contribution >= 0.6 is 0 Å². The van der Waals surface area contributed by atoms with Crippen LogP contribution in [0.3, 0.4) is 0 Å². The van der Waals surface area contributed by atoms with E-state index in [4.69, 9.17) is 10.8 Å². The zero-order valence-electron chi connectivity index (χ0n) is 7.79. The van der Waals surface area contributed by atoms with Crippen LogP contribution in [0.15, 0.2) is 0 Å². The molecule has 0 aliphatic heterocycles. The predicted octanol–water partition coefficient (Wildman–Crippen LogP) is -0.550. The van der Waals surface area contributed by atoms with Gasteiger partial charge < -0.3 is 10.8 Å². The van der Waals surface area contributed by atoms with E-state index in [-0.39, 0.29) is 6.54 Å². The number of carboxylic acids is 1. The number of carbonyl (C=O) groups is 1. The third kappa shape index (κ3) is 3.13. The Hall–Kier alpha value is -1.77. The summed E-state index contributed by atoms with van der Waals surface area (Å²) in [6.07, 6.45) is -1.79. The summed E-state index contributed by atoms with van der Waals surface area (Å²) < 4.78 is 0. The summed E-state index contributed by atoms with van der Waals surface area (Å²) in [5.74, 6) is -1.32. The minimum absolute atomic E-state index is 0.248. The Morgan fingerprint density at radius 3 is 2.00 bits per heavy atom. The van der Waals surface area contributed by atoms with Crippen molar-refractivity contribution in [3.05, 3.63) is 20.2 Å². The molecular formula is C6H11N3O6. The average molecular weight is 221 g/mol. The third-order valence-electron chi connectivity index (χ3n) is 1.96. The third-order valence-corrected chi connectivity index (χ3v) is 1.96. The fourth-order valence-corrected chi connectivity index (χ4v) is 1.10. The zero-order chi connectivity index (χ0) is 12.1. The minimum Gasteiger partial charge on any atom is -0.481 e. The van der Waals surface area contributed by atoms with Crippen molar-refractivity contribution in [1.82, 2.24) is 0 Å². The Labute approximate surface area is 84.2 Å². The van der Waals surface area contributed by atoms with E-state index < -0.39 is 40.7 Å². The highest BCUT2D eigenvalue weighted by atomic mass is 16.7. The number of carboxylic acid groups (broad SMARTS) is 1. The molecule has 0 aromatic carbocycles. The molecule has 0 aromatic heterocycles. The van der Waals surface area contributed by atoms with Crippen molar-refractivity contribution in [3.8, 4) is 0 Å². The van der Waals surface area contributed by atoms with Gasteiger partial charge in [-0.2, -0.15) is 0 Å². The lowest BCUT2D eigenvalue weighted by Crippen LogP contribution is -2.48. The van der Waals surface area contributed by atoms with Crippen LogP contribution in [0.1, 0.15) is 19.3 Å². The van der Waals surface area contributed by atoms with Gasteiger partial charge in [0.25, 0.3) is 0 Å². The van der Waals surface area contributed by atoms with Crippen LogP contribution in [0.5, 0.6) is 0 Å². The maximum atomic E-state index is 10.6. The van der Waals surface area contributed by atoms with Gasteiger partial charge in [-0.05, 0) is 0 Å². The van der Waals surface area contributed by atoms with E-state index in [1.165, 1.54) is 0 Å². The van der Waals surface area contributed by atoms with Gasteiger partial charge in [-0.3, -0.25) is 25.0 Å². The molecule has 0 atom stereocenters. The van der Waals surface area contributed by atoms with Crippen LogP contribution in [0.4, 0.5) is 0 Å². The van der Waals surface area contributed by atoms with Gasteiger partial charge in [-0.25, -0.2) is 0 Å². The van der Waals surface area contributed by atoms with Gasteiger partial charge in [0.05, 0.1) is 16.3 Å². The van der Waals surface area contributed by atoms with Gasteiger partial charge in [0.2, 0.25) is 0 Å². The van der Waals surface area contributed by atoms with Crippen LogP contribution in [-0.2, 0) is 4.79 Å². The molecule has 0 fully saturated rings. The van der Waals surface area contributed by atoms with Crippen LogP contribution in [0.2, 0.25) is 0 Å². The molecule has 0 saturated heterocycles. The number of hydrogen-bond acceptors (Lipinski definition) is 6. The Morgan fingerprint density at radius 2 is 1.73 bits per heavy atom. The molecule has 0 amide bonds. The summed E-state index contributed by atoms with van der Waals surface area (Å²) in [6.45, 7) is -0.248. The van der Waals surface area contributed by atoms with Crippen molar-refractivity contribution in [1.29, 1.82) is 0 Å². The largest absolute Gasteiger partial charge is 0.481 e. The van der Waals surface area contributed by atoms with Crippen LogP contribution in [0, 0.1) is 20.2 Å². The lowest BCUT2D eigenvalue weighted by Gasteiger charge is -2.15. The molecule has 0 radical (unpaired) electrons. The van der Waals surface area contributed by atoms with E-state index in [0.717, 1.165) is 0 Å². The zero-order valence-corrected chi connectivity index (χ0v) is 7.79. The van der Waals surface area contributed by atoms with Gasteiger partial charge in [0.15, 0.2) is 0 Å². The number of hydrogen-bond donors (Lipinski definition) is 2. The lowest BCUT2D eigenvalue weighted by atomic mass is 10.0. The summed E-state index contributed by atoms with van der Waals surface area (Å²) >= 11 is 0. The molecule has 0 rings (SSSR count). The van der Waals surface area contributed by atoms with E-state index in [2.05, 4.69) is 0 Å². The molecule has 0 aliphatic carbocycles. The second kappa shape index (κ2) is 5.20. The average Bonchev–Trinajstić information content (AvgIpc) is 2.10. The molecule has 0 aliphatic rings. The molecule has 0 spiro atoms. The number of nitrogens with two attached hydrogens (primary N) is 1. The van der Waals surface area contributed by atoms with Crippen molar-refractivity contribution in [2.24, 2.45) is 5.73 Å². The maximum absolute atomic E-state index is 10.6. The SMILES string of the molecule is NCCC(CCC(=O)O)([N+](=O)[O-])[N+](=O)[O-]. The molecule has 0 aromatic rings. The second-order valence-electron chi connectivity index (χ2n) is 2.93. The Morgan fingerprint density at radius 1 is 1.27 bits per heavy atom. The van der Waals surface area contributed by atoms with E-state index >= 15 is 0 Å². The van der Waals surface area contributed by atoms with Gasteiger partial charge in [0, 0.05) is 6.54 Å². The molecule has 3 N–H and O–H groups in total. The van der Waals surface area contributed by atoms with Gasteiger partial charge in [-0.15, -0.1) is 0 Å². The standard InChI is InChI=1S/C6H11N3O6/c7-4-3-6(8(12)13,9(14)15)2-1-5(10)11/h1-4,7H2,(H,10,11). The summed E-state index contributed by atoms with van der Waals surface area (Å²) in [7, 11) is 0. The van der Waals surface area contributed by atoms with Gasteiger partial charge in [-0.1, -0.05) is 0 Å². The van der Waals surface area contributed by atoms with E-state index in [1.54, 1.807) is 0 Å². The van der Waals surface area contributed by atoms with Crippen molar-refractivity contribution in [2.75, 3.05) is 6.54 Å². The van der Waals surface area contributed by atoms with Crippen molar-refractivity contribution < 1.29 is 19.7 Å². The highest BCUT2D eigenvalue weighted by molar-refractivity contribution is 5.66. The van der Waals surface area contributed by atoms with Crippen molar-refractivity contribution in [2.45, 2.75) is 24.9 Å². The number of nitro groups is 2. The summed E-state index contributed by atoms with van der Waals surface area (Å²) in [4.78, 5) is 29.2. The first-order valence-electron chi connectivity index (χ1n) is 4.07. The molecule has 0 unspecified atom stereocenters. The Kier molecular flexibility index (Phi) is 4.58. The predicted molar refractivity (Wildman–Crippen MR) is 47.3 cm³/mol. The lowest BCUT2D eigenvalue weighted by molar-refractivity contribution is -0.798. The number of rotatable bonds is 7. The summed E-state index contributed by atoms with van der Waals surface area (Å²) in [5, 5.41) is 29.5. The number of nitrogens with zero attached hydrogens (tertiary/aromatic N) is 2. The topological polar surface area (TPSA) is 150 Å². The highest BCUT2D eigenvalue weighted by Crippen LogP contribution is 2.22. The van der Waals surface area contributed by atoms with E-state index in [9.17, 15) is 25.0 Å². The van der Waals surface area contributed by atoms with Crippen LogP contribution < -0.4 is 5.73 Å². The molecule has 15 heavy (non-hydrogen) atoms. The molecular weight excluding hydrogens is 210 g/mol. The molecule has 0 saturated carbocycles. The molecule has 86 valence electrons. The molecule has 9 nitrogen and oxygen atoms in total. The van der Waals surface area contributed by atoms with Crippen molar-refractivity contribution in [3.63, 3.8) is 0 Å². The monoisotopic (exact) mass is 221 g/mol. The summed E-state index contributed by atoms with van der Waals surface area (Å²) in [6, 6.07) is 0. The second-order valence-corrected chi connectivity index (χ2v) is 2.93. The van der Waals surface area contributed by atoms with E-state index in [1.807, 2.05) is 0 Å². The molecule has 9 heteroatoms. The van der Waals surface area contributed by atoms with Crippen LogP contribution in [-0.4, -0.2) is 33.1 Å². The molecule has 0 heterocycles. The van der Waals surface area contributed by atoms with Gasteiger partial charge in [0.1, 0.15) is 12.8 Å². The first-order valence-corrected chi connectivity index (χ1v) is 4.07. The van der Waals surface area contributed by atoms with Crippen molar-refractivity contribution >= 4 is 5.97 Å². The van der Waals surface area contributed by atoms with E-state index in [0.29, 0.717) is 0 Å². The highest BCUT2D eigenvalue weighted by Gasteiger charge is 2.54. The smallest absolute Gasteiger partial charge is 0.460 e. The first kappa shape index (κ1) is 13.2. The fourth-order valence-electron chi connectivity index (χ4n) is 1.10. The normalized spacial score (nSPS) is 11.0. The van der Waals surface area contributed by atoms with Crippen LogP contribution in [0.25, 0.3) is 0 Å². The Balaban J connectivity index is 4.87. The Bertz CT molecular complexity index is 264. The summed E-state index contributed by atoms with van der Waals surface area (Å²) in [5.41, 5.74) is 2.56. The first-order chi connectivity index (χ1) is 6.86. The number of aliphatic carboxylic acids is 1. The van der Waals surface area contributed by atoms with Gasteiger partial charge >= 0.3 is 11.6 Å². The quantitative estimate of drug-likeness (QED) is 0.332. The fraction of sp³-hybridized carbons (Fsp3) is 0.833. The minimum atomic E-state index is -2.48. The maximum Gasteiger partial charge on any atom is 0.460 e.